The maximum absolute atomic E-state index is 5.60. The summed E-state index contributed by atoms with van der Waals surface area (Å²) in [5.41, 5.74) is 6.94. The Labute approximate surface area is 117 Å². The average molecular weight is 313 g/mol. The third-order valence-corrected chi connectivity index (χ3v) is 4.16. The lowest BCUT2D eigenvalue weighted by Gasteiger charge is -2.32. The molecule has 2 rings (SSSR count). The van der Waals surface area contributed by atoms with Crippen molar-refractivity contribution in [3.63, 3.8) is 0 Å². The van der Waals surface area contributed by atoms with E-state index in [1.165, 1.54) is 18.4 Å². The summed E-state index contributed by atoms with van der Waals surface area (Å²) in [6.45, 7) is 4.04. The van der Waals surface area contributed by atoms with Gasteiger partial charge in [0.15, 0.2) is 0 Å². The normalized spacial score (nSPS) is 17.9. The standard InChI is InChI=1S/C14H21BrN2O/c1-18-14-3-2-12(15)10-13(14)11-4-7-17(8-5-11)9-6-16/h2-3,10-11H,4-9,16H2,1H3. The largest absolute Gasteiger partial charge is 0.496 e. The van der Waals surface area contributed by atoms with Crippen molar-refractivity contribution in [2.24, 2.45) is 5.73 Å². The molecule has 1 aromatic rings. The van der Waals surface area contributed by atoms with Crippen molar-refractivity contribution < 1.29 is 4.74 Å². The third-order valence-electron chi connectivity index (χ3n) is 3.66. The molecule has 0 saturated carbocycles. The van der Waals surface area contributed by atoms with Crippen LogP contribution in [0.3, 0.4) is 0 Å². The van der Waals surface area contributed by atoms with Crippen molar-refractivity contribution in [3.8, 4) is 5.75 Å². The van der Waals surface area contributed by atoms with Crippen LogP contribution in [0.25, 0.3) is 0 Å². The molecule has 1 aromatic carbocycles. The van der Waals surface area contributed by atoms with Gasteiger partial charge < -0.3 is 15.4 Å². The number of nitrogens with zero attached hydrogens (tertiary/aromatic N) is 1. The SMILES string of the molecule is COc1ccc(Br)cc1C1CCN(CCN)CC1. The van der Waals surface area contributed by atoms with E-state index in [4.69, 9.17) is 10.5 Å². The van der Waals surface area contributed by atoms with Gasteiger partial charge in [-0.3, -0.25) is 0 Å². The van der Waals surface area contributed by atoms with Crippen molar-refractivity contribution in [2.45, 2.75) is 18.8 Å². The number of likely N-dealkylation sites (tertiary alicyclic amines) is 1. The second kappa shape index (κ2) is 6.55. The molecule has 100 valence electrons. The monoisotopic (exact) mass is 312 g/mol. The topological polar surface area (TPSA) is 38.5 Å². The van der Waals surface area contributed by atoms with Gasteiger partial charge in [-0.2, -0.15) is 0 Å². The van der Waals surface area contributed by atoms with Crippen LogP contribution < -0.4 is 10.5 Å². The van der Waals surface area contributed by atoms with E-state index in [1.807, 2.05) is 12.1 Å². The zero-order chi connectivity index (χ0) is 13.0. The molecule has 1 aliphatic rings. The zero-order valence-corrected chi connectivity index (χ0v) is 12.4. The summed E-state index contributed by atoms with van der Waals surface area (Å²) in [6.07, 6.45) is 2.37. The first kappa shape index (κ1) is 13.8. The van der Waals surface area contributed by atoms with Gasteiger partial charge in [-0.15, -0.1) is 0 Å². The molecule has 0 spiro atoms. The molecular weight excluding hydrogens is 292 g/mol. The number of nitrogens with two attached hydrogens (primary N) is 1. The molecule has 18 heavy (non-hydrogen) atoms. The second-order valence-electron chi connectivity index (χ2n) is 4.79. The van der Waals surface area contributed by atoms with Crippen LogP contribution in [0.1, 0.15) is 24.3 Å². The highest BCUT2D eigenvalue weighted by Gasteiger charge is 2.22. The smallest absolute Gasteiger partial charge is 0.122 e. The van der Waals surface area contributed by atoms with E-state index >= 15 is 0 Å². The molecule has 0 atom stereocenters. The number of ether oxygens (including phenoxy) is 1. The predicted molar refractivity (Wildman–Crippen MR) is 78.2 cm³/mol. The van der Waals surface area contributed by atoms with Gasteiger partial charge in [-0.25, -0.2) is 0 Å². The van der Waals surface area contributed by atoms with Gasteiger partial charge in [-0.05, 0) is 55.6 Å². The number of hydrogen-bond acceptors (Lipinski definition) is 3. The number of rotatable bonds is 4. The van der Waals surface area contributed by atoms with E-state index in [1.54, 1.807) is 7.11 Å². The minimum atomic E-state index is 0.603. The molecule has 1 fully saturated rings. The number of piperidine rings is 1. The Kier molecular flexibility index (Phi) is 5.03. The average Bonchev–Trinajstić information content (AvgIpc) is 2.40. The van der Waals surface area contributed by atoms with Gasteiger partial charge in [-0.1, -0.05) is 15.9 Å². The molecular formula is C14H21BrN2O. The molecule has 0 bridgehead atoms. The summed E-state index contributed by atoms with van der Waals surface area (Å²) in [6, 6.07) is 6.28. The molecule has 4 heteroatoms. The minimum Gasteiger partial charge on any atom is -0.496 e. The number of halogens is 1. The summed E-state index contributed by atoms with van der Waals surface area (Å²) < 4.78 is 6.60. The number of methoxy groups -OCH3 is 1. The van der Waals surface area contributed by atoms with E-state index < -0.39 is 0 Å². The van der Waals surface area contributed by atoms with Gasteiger partial charge in [0.05, 0.1) is 7.11 Å². The lowest BCUT2D eigenvalue weighted by Crippen LogP contribution is -2.36. The summed E-state index contributed by atoms with van der Waals surface area (Å²) in [5, 5.41) is 0. The molecule has 0 radical (unpaired) electrons. The van der Waals surface area contributed by atoms with Crippen LogP contribution in [0.4, 0.5) is 0 Å². The third kappa shape index (κ3) is 3.25. The van der Waals surface area contributed by atoms with E-state index in [-0.39, 0.29) is 0 Å². The predicted octanol–water partition coefficient (Wildman–Crippen LogP) is 2.60. The fraction of sp³-hybridized carbons (Fsp3) is 0.571. The van der Waals surface area contributed by atoms with Crippen LogP contribution in [0.15, 0.2) is 22.7 Å². The first-order chi connectivity index (χ1) is 8.74. The van der Waals surface area contributed by atoms with E-state index in [9.17, 15) is 0 Å². The van der Waals surface area contributed by atoms with Crippen LogP contribution in [0, 0.1) is 0 Å². The van der Waals surface area contributed by atoms with Crippen LogP contribution in [-0.4, -0.2) is 38.2 Å². The lowest BCUT2D eigenvalue weighted by molar-refractivity contribution is 0.216. The van der Waals surface area contributed by atoms with Gasteiger partial charge in [0.1, 0.15) is 5.75 Å². The summed E-state index contributed by atoms with van der Waals surface area (Å²) in [4.78, 5) is 2.45. The molecule has 0 aromatic heterocycles. The first-order valence-electron chi connectivity index (χ1n) is 6.50. The first-order valence-corrected chi connectivity index (χ1v) is 7.29. The Morgan fingerprint density at radius 3 is 2.72 bits per heavy atom. The minimum absolute atomic E-state index is 0.603. The Hall–Kier alpha value is -0.580. The van der Waals surface area contributed by atoms with Gasteiger partial charge >= 0.3 is 0 Å². The van der Waals surface area contributed by atoms with E-state index in [2.05, 4.69) is 26.9 Å². The summed E-state index contributed by atoms with van der Waals surface area (Å²) in [5.74, 6) is 1.61. The van der Waals surface area contributed by atoms with E-state index in [0.717, 1.165) is 36.4 Å². The highest BCUT2D eigenvalue weighted by molar-refractivity contribution is 9.10. The summed E-state index contributed by atoms with van der Waals surface area (Å²) >= 11 is 3.55. The number of hydrogen-bond donors (Lipinski definition) is 1. The van der Waals surface area contributed by atoms with Crippen LogP contribution in [0.5, 0.6) is 5.75 Å². The lowest BCUT2D eigenvalue weighted by atomic mass is 9.89. The quantitative estimate of drug-likeness (QED) is 0.928. The fourth-order valence-corrected chi connectivity index (χ4v) is 3.05. The highest BCUT2D eigenvalue weighted by atomic mass is 79.9. The van der Waals surface area contributed by atoms with E-state index in [0.29, 0.717) is 5.92 Å². The molecule has 1 aliphatic heterocycles. The summed E-state index contributed by atoms with van der Waals surface area (Å²) in [7, 11) is 1.75. The maximum Gasteiger partial charge on any atom is 0.122 e. The molecule has 0 amide bonds. The zero-order valence-electron chi connectivity index (χ0n) is 10.9. The van der Waals surface area contributed by atoms with Crippen molar-refractivity contribution in [1.29, 1.82) is 0 Å². The Morgan fingerprint density at radius 2 is 2.11 bits per heavy atom. The second-order valence-corrected chi connectivity index (χ2v) is 5.71. The fourth-order valence-electron chi connectivity index (χ4n) is 2.67. The van der Waals surface area contributed by atoms with Crippen LogP contribution in [-0.2, 0) is 0 Å². The Balaban J connectivity index is 2.06. The maximum atomic E-state index is 5.60. The molecule has 3 nitrogen and oxygen atoms in total. The molecule has 0 unspecified atom stereocenters. The number of benzene rings is 1. The molecule has 0 aliphatic carbocycles. The highest BCUT2D eigenvalue weighted by Crippen LogP contribution is 2.35. The van der Waals surface area contributed by atoms with Crippen molar-refractivity contribution in [1.82, 2.24) is 4.90 Å². The molecule has 1 saturated heterocycles. The van der Waals surface area contributed by atoms with Gasteiger partial charge in [0.2, 0.25) is 0 Å². The van der Waals surface area contributed by atoms with Crippen molar-refractivity contribution in [3.05, 3.63) is 28.2 Å². The van der Waals surface area contributed by atoms with Crippen molar-refractivity contribution >= 4 is 15.9 Å². The van der Waals surface area contributed by atoms with Crippen LogP contribution in [0.2, 0.25) is 0 Å². The Bertz CT molecular complexity index is 389. The van der Waals surface area contributed by atoms with Crippen molar-refractivity contribution in [2.75, 3.05) is 33.3 Å². The van der Waals surface area contributed by atoms with Gasteiger partial charge in [0.25, 0.3) is 0 Å². The molecule has 2 N–H and O–H groups in total. The Morgan fingerprint density at radius 1 is 1.39 bits per heavy atom. The van der Waals surface area contributed by atoms with Gasteiger partial charge in [0, 0.05) is 17.6 Å². The van der Waals surface area contributed by atoms with Crippen LogP contribution >= 0.6 is 15.9 Å². The molecule has 1 heterocycles.